The summed E-state index contributed by atoms with van der Waals surface area (Å²) in [5.74, 6) is -2.49. The van der Waals surface area contributed by atoms with Gasteiger partial charge in [-0.25, -0.2) is 0 Å². The van der Waals surface area contributed by atoms with Gasteiger partial charge in [0.15, 0.2) is 0 Å². The third-order valence-electron chi connectivity index (χ3n) is 3.42. The average molecular weight is 422 g/mol. The Kier molecular flexibility index (Phi) is 11.1. The highest BCUT2D eigenvalue weighted by molar-refractivity contribution is 8.00. The van der Waals surface area contributed by atoms with Crippen LogP contribution in [0.2, 0.25) is 0 Å². The summed E-state index contributed by atoms with van der Waals surface area (Å²) in [7, 11) is 0. The molecule has 9 nitrogen and oxygen atoms in total. The number of thiocarbonyl (C=S) groups is 1. The van der Waals surface area contributed by atoms with Crippen molar-refractivity contribution < 1.29 is 29.4 Å². The number of amides is 1. The van der Waals surface area contributed by atoms with Gasteiger partial charge in [0.1, 0.15) is 24.4 Å². The maximum atomic E-state index is 12.2. The van der Waals surface area contributed by atoms with Crippen LogP contribution in [0.3, 0.4) is 0 Å². The zero-order valence-electron chi connectivity index (χ0n) is 15.6. The number of nitrogens with two attached hydrogens (primary N) is 1. The Hall–Kier alpha value is -1.72. The van der Waals surface area contributed by atoms with Crippen molar-refractivity contribution in [3.63, 3.8) is 0 Å². The number of aliphatic carboxylic acids is 2. The Morgan fingerprint density at radius 2 is 1.78 bits per heavy atom. The van der Waals surface area contributed by atoms with Crippen molar-refractivity contribution in [1.29, 1.82) is 0 Å². The molecular formula is C16H27N3O6S2. The third kappa shape index (κ3) is 11.6. The first kappa shape index (κ1) is 25.3. The fourth-order valence-corrected chi connectivity index (χ4v) is 3.10. The van der Waals surface area contributed by atoms with E-state index < -0.39 is 41.9 Å². The van der Waals surface area contributed by atoms with Gasteiger partial charge in [0.25, 0.3) is 0 Å². The number of hydrogen-bond acceptors (Lipinski definition) is 7. The van der Waals surface area contributed by atoms with E-state index in [0.29, 0.717) is 0 Å². The molecule has 0 fully saturated rings. The molecule has 0 heterocycles. The van der Waals surface area contributed by atoms with Crippen molar-refractivity contribution in [2.75, 3.05) is 18.1 Å². The minimum absolute atomic E-state index is 0.0206. The van der Waals surface area contributed by atoms with Gasteiger partial charge in [-0.1, -0.05) is 33.0 Å². The van der Waals surface area contributed by atoms with Crippen LogP contribution in [0.15, 0.2) is 0 Å². The molecule has 11 heteroatoms. The summed E-state index contributed by atoms with van der Waals surface area (Å²) in [4.78, 5) is 45.8. The maximum absolute atomic E-state index is 12.2. The molecule has 0 aromatic rings. The zero-order valence-corrected chi connectivity index (χ0v) is 17.2. The molecule has 0 saturated carbocycles. The van der Waals surface area contributed by atoms with Crippen LogP contribution in [-0.4, -0.2) is 69.0 Å². The van der Waals surface area contributed by atoms with Crippen LogP contribution in [0.5, 0.6) is 0 Å². The Morgan fingerprint density at radius 1 is 1.19 bits per heavy atom. The predicted molar refractivity (Wildman–Crippen MR) is 107 cm³/mol. The molecule has 0 aromatic heterocycles. The SMILES string of the molecule is CC(C)(C)C(=O)CSCC(NC(=S)CCC(N)C(=O)O)C(=O)NCC(=O)O. The lowest BCUT2D eigenvalue weighted by molar-refractivity contribution is -0.139. The Morgan fingerprint density at radius 3 is 2.26 bits per heavy atom. The lowest BCUT2D eigenvalue weighted by atomic mass is 9.92. The molecule has 0 bridgehead atoms. The predicted octanol–water partition coefficient (Wildman–Crippen LogP) is 0.0133. The molecular weight excluding hydrogens is 394 g/mol. The second-order valence-corrected chi connectivity index (χ2v) is 8.43. The van der Waals surface area contributed by atoms with Crippen LogP contribution in [0, 0.1) is 5.41 Å². The first-order chi connectivity index (χ1) is 12.3. The maximum Gasteiger partial charge on any atom is 0.322 e. The third-order valence-corrected chi connectivity index (χ3v) is 4.78. The Bertz CT molecular complexity index is 577. The van der Waals surface area contributed by atoms with Gasteiger partial charge in [0.05, 0.1) is 10.7 Å². The molecule has 154 valence electrons. The van der Waals surface area contributed by atoms with Gasteiger partial charge >= 0.3 is 11.9 Å². The molecule has 2 atom stereocenters. The summed E-state index contributed by atoms with van der Waals surface area (Å²) in [6.07, 6.45) is 0.261. The van der Waals surface area contributed by atoms with Gasteiger partial charge in [-0.3, -0.25) is 19.2 Å². The summed E-state index contributed by atoms with van der Waals surface area (Å²) >= 11 is 6.35. The highest BCUT2D eigenvalue weighted by Crippen LogP contribution is 2.18. The van der Waals surface area contributed by atoms with Gasteiger partial charge in [-0.05, 0) is 12.8 Å². The standard InChI is InChI=1S/C16H27N3O6S2/c1-16(2,3)11(20)8-27-7-10(14(23)18-6-13(21)22)19-12(26)5-4-9(17)15(24)25/h9-10H,4-8,17H2,1-3H3,(H,18,23)(H,19,26)(H,21,22)(H,24,25). The molecule has 0 aliphatic heterocycles. The minimum Gasteiger partial charge on any atom is -0.480 e. The van der Waals surface area contributed by atoms with Gasteiger partial charge in [-0.2, -0.15) is 11.8 Å². The fourth-order valence-electron chi connectivity index (χ4n) is 1.63. The van der Waals surface area contributed by atoms with Crippen LogP contribution in [0.25, 0.3) is 0 Å². The zero-order chi connectivity index (χ0) is 21.2. The van der Waals surface area contributed by atoms with E-state index in [0.717, 1.165) is 0 Å². The Labute approximate surface area is 167 Å². The fraction of sp³-hybridized carbons (Fsp3) is 0.688. The average Bonchev–Trinajstić information content (AvgIpc) is 2.55. The normalized spacial score (nSPS) is 13.3. The first-order valence-corrected chi connectivity index (χ1v) is 9.79. The summed E-state index contributed by atoms with van der Waals surface area (Å²) in [6.45, 7) is 4.85. The number of Topliss-reactive ketones (excluding diaryl/α,β-unsaturated/α-hetero) is 1. The van der Waals surface area contributed by atoms with E-state index in [9.17, 15) is 19.2 Å². The van der Waals surface area contributed by atoms with Crippen LogP contribution >= 0.6 is 24.0 Å². The highest BCUT2D eigenvalue weighted by Gasteiger charge is 2.24. The largest absolute Gasteiger partial charge is 0.480 e. The molecule has 0 saturated heterocycles. The summed E-state index contributed by atoms with van der Waals surface area (Å²) in [5.41, 5.74) is 4.92. The van der Waals surface area contributed by atoms with Crippen molar-refractivity contribution in [3.05, 3.63) is 0 Å². The van der Waals surface area contributed by atoms with Crippen LogP contribution in [0.4, 0.5) is 0 Å². The van der Waals surface area contributed by atoms with Gasteiger partial charge in [0, 0.05) is 11.2 Å². The summed E-state index contributed by atoms with van der Waals surface area (Å²) in [6, 6.07) is -1.92. The van der Waals surface area contributed by atoms with Gasteiger partial charge in [0.2, 0.25) is 5.91 Å². The number of nitrogens with one attached hydrogen (secondary N) is 2. The van der Waals surface area contributed by atoms with Crippen molar-refractivity contribution in [3.8, 4) is 0 Å². The monoisotopic (exact) mass is 421 g/mol. The van der Waals surface area contributed by atoms with Crippen LogP contribution < -0.4 is 16.4 Å². The molecule has 2 unspecified atom stereocenters. The van der Waals surface area contributed by atoms with E-state index in [2.05, 4.69) is 10.6 Å². The highest BCUT2D eigenvalue weighted by atomic mass is 32.2. The van der Waals surface area contributed by atoms with Crippen molar-refractivity contribution in [1.82, 2.24) is 10.6 Å². The molecule has 0 aliphatic carbocycles. The van der Waals surface area contributed by atoms with Crippen molar-refractivity contribution in [2.45, 2.75) is 45.7 Å². The molecule has 0 aliphatic rings. The second kappa shape index (κ2) is 11.9. The molecule has 27 heavy (non-hydrogen) atoms. The first-order valence-electron chi connectivity index (χ1n) is 8.23. The van der Waals surface area contributed by atoms with E-state index in [-0.39, 0.29) is 35.1 Å². The second-order valence-electron chi connectivity index (χ2n) is 6.90. The van der Waals surface area contributed by atoms with Crippen LogP contribution in [-0.2, 0) is 19.2 Å². The van der Waals surface area contributed by atoms with E-state index in [1.807, 2.05) is 0 Å². The number of carbonyl (C=O) groups excluding carboxylic acids is 2. The van der Waals surface area contributed by atoms with Crippen molar-refractivity contribution in [2.24, 2.45) is 11.1 Å². The number of rotatable bonds is 12. The molecule has 0 aromatic carbocycles. The molecule has 1 amide bonds. The molecule has 0 spiro atoms. The summed E-state index contributed by atoms with van der Waals surface area (Å²) in [5, 5.41) is 22.5. The minimum atomic E-state index is -1.19. The van der Waals surface area contributed by atoms with Crippen LogP contribution in [0.1, 0.15) is 33.6 Å². The molecule has 6 N–H and O–H groups in total. The van der Waals surface area contributed by atoms with E-state index in [1.54, 1.807) is 20.8 Å². The number of hydrogen-bond donors (Lipinski definition) is 5. The van der Waals surface area contributed by atoms with E-state index >= 15 is 0 Å². The van der Waals surface area contributed by atoms with Gasteiger partial charge < -0.3 is 26.6 Å². The lowest BCUT2D eigenvalue weighted by Crippen LogP contribution is -2.49. The summed E-state index contributed by atoms with van der Waals surface area (Å²) < 4.78 is 0. The Balaban J connectivity index is 4.75. The number of thioether (sulfide) groups is 1. The molecule has 0 rings (SSSR count). The quantitative estimate of drug-likeness (QED) is 0.272. The smallest absolute Gasteiger partial charge is 0.322 e. The lowest BCUT2D eigenvalue weighted by Gasteiger charge is -2.21. The van der Waals surface area contributed by atoms with Gasteiger partial charge in [-0.15, -0.1) is 0 Å². The van der Waals surface area contributed by atoms with E-state index in [1.165, 1.54) is 11.8 Å². The number of carboxylic acid groups (broad SMARTS) is 2. The van der Waals surface area contributed by atoms with Crippen molar-refractivity contribution >= 4 is 52.6 Å². The number of carboxylic acids is 2. The van der Waals surface area contributed by atoms with E-state index in [4.69, 9.17) is 28.2 Å². The number of carbonyl (C=O) groups is 4. The topological polar surface area (TPSA) is 159 Å². The molecule has 0 radical (unpaired) electrons. The number of ketones is 1.